The van der Waals surface area contributed by atoms with Crippen LogP contribution in [-0.2, 0) is 11.3 Å². The summed E-state index contributed by atoms with van der Waals surface area (Å²) in [6.45, 7) is 4.83. The van der Waals surface area contributed by atoms with E-state index in [0.29, 0.717) is 24.6 Å². The standard InChI is InChI=1S/C11H19N3O3/c1-3-12-5-4-6-13-11(15)10-7-9(8-16-2)17-14-10/h7,12H,3-6,8H2,1-2H3,(H,13,15). The van der Waals surface area contributed by atoms with Gasteiger partial charge in [-0.05, 0) is 19.5 Å². The quantitative estimate of drug-likeness (QED) is 0.650. The lowest BCUT2D eigenvalue weighted by Crippen LogP contribution is -2.27. The highest BCUT2D eigenvalue weighted by molar-refractivity contribution is 5.92. The third-order valence-electron chi connectivity index (χ3n) is 2.14. The van der Waals surface area contributed by atoms with Crippen molar-refractivity contribution in [2.45, 2.75) is 20.0 Å². The van der Waals surface area contributed by atoms with Gasteiger partial charge in [0.1, 0.15) is 6.61 Å². The molecule has 1 aromatic rings. The van der Waals surface area contributed by atoms with Crippen molar-refractivity contribution in [3.8, 4) is 0 Å². The molecule has 0 radical (unpaired) electrons. The Labute approximate surface area is 101 Å². The Hall–Kier alpha value is -1.40. The number of carbonyl (C=O) groups is 1. The molecular formula is C11H19N3O3. The van der Waals surface area contributed by atoms with Gasteiger partial charge >= 0.3 is 0 Å². The molecule has 0 atom stereocenters. The molecule has 96 valence electrons. The van der Waals surface area contributed by atoms with Crippen LogP contribution in [0.2, 0.25) is 0 Å². The molecule has 0 aliphatic carbocycles. The van der Waals surface area contributed by atoms with E-state index in [1.165, 1.54) is 0 Å². The first-order valence-electron chi connectivity index (χ1n) is 5.71. The van der Waals surface area contributed by atoms with E-state index in [1.54, 1.807) is 13.2 Å². The van der Waals surface area contributed by atoms with Crippen LogP contribution in [-0.4, -0.2) is 37.8 Å². The van der Waals surface area contributed by atoms with Crippen LogP contribution in [0.15, 0.2) is 10.6 Å². The summed E-state index contributed by atoms with van der Waals surface area (Å²) in [5.41, 5.74) is 0.292. The fraction of sp³-hybridized carbons (Fsp3) is 0.636. The fourth-order valence-electron chi connectivity index (χ4n) is 1.31. The Bertz CT molecular complexity index is 338. The van der Waals surface area contributed by atoms with Crippen LogP contribution in [0.4, 0.5) is 0 Å². The predicted molar refractivity (Wildman–Crippen MR) is 62.7 cm³/mol. The van der Waals surface area contributed by atoms with E-state index in [1.807, 2.05) is 6.92 Å². The number of methoxy groups -OCH3 is 1. The van der Waals surface area contributed by atoms with Crippen molar-refractivity contribution in [1.29, 1.82) is 0 Å². The molecular weight excluding hydrogens is 222 g/mol. The summed E-state index contributed by atoms with van der Waals surface area (Å²) in [5.74, 6) is 0.331. The maximum Gasteiger partial charge on any atom is 0.273 e. The second kappa shape index (κ2) is 7.81. The SMILES string of the molecule is CCNCCCNC(=O)c1cc(COC)on1. The number of hydrogen-bond donors (Lipinski definition) is 2. The van der Waals surface area contributed by atoms with Crippen molar-refractivity contribution in [1.82, 2.24) is 15.8 Å². The molecule has 0 fully saturated rings. The third kappa shape index (κ3) is 4.97. The Morgan fingerprint density at radius 3 is 3.06 bits per heavy atom. The maximum atomic E-state index is 11.6. The molecule has 0 aliphatic rings. The smallest absolute Gasteiger partial charge is 0.273 e. The van der Waals surface area contributed by atoms with E-state index < -0.39 is 0 Å². The van der Waals surface area contributed by atoms with Gasteiger partial charge in [0.2, 0.25) is 0 Å². The Kier molecular flexibility index (Phi) is 6.27. The number of rotatable bonds is 8. The highest BCUT2D eigenvalue weighted by atomic mass is 16.5. The predicted octanol–water partition coefficient (Wildman–Crippen LogP) is 0.550. The van der Waals surface area contributed by atoms with E-state index in [0.717, 1.165) is 19.5 Å². The summed E-state index contributed by atoms with van der Waals surface area (Å²) in [6, 6.07) is 1.59. The first-order valence-corrected chi connectivity index (χ1v) is 5.71. The molecule has 6 heteroatoms. The summed E-state index contributed by atoms with van der Waals surface area (Å²) in [6.07, 6.45) is 0.891. The van der Waals surface area contributed by atoms with Crippen molar-refractivity contribution < 1.29 is 14.1 Å². The van der Waals surface area contributed by atoms with Gasteiger partial charge in [0.15, 0.2) is 11.5 Å². The minimum Gasteiger partial charge on any atom is -0.377 e. The fourth-order valence-corrected chi connectivity index (χ4v) is 1.31. The second-order valence-electron chi connectivity index (χ2n) is 3.57. The highest BCUT2D eigenvalue weighted by Gasteiger charge is 2.11. The van der Waals surface area contributed by atoms with Gasteiger partial charge in [0.05, 0.1) is 0 Å². The van der Waals surface area contributed by atoms with E-state index in [-0.39, 0.29) is 5.91 Å². The molecule has 1 aromatic heterocycles. The number of carbonyl (C=O) groups excluding carboxylic acids is 1. The number of ether oxygens (including phenoxy) is 1. The van der Waals surface area contributed by atoms with E-state index >= 15 is 0 Å². The maximum absolute atomic E-state index is 11.6. The zero-order valence-electron chi connectivity index (χ0n) is 10.3. The summed E-state index contributed by atoms with van der Waals surface area (Å²) in [7, 11) is 1.56. The second-order valence-corrected chi connectivity index (χ2v) is 3.57. The summed E-state index contributed by atoms with van der Waals surface area (Å²) in [5, 5.41) is 9.62. The van der Waals surface area contributed by atoms with Gasteiger partial charge in [-0.3, -0.25) is 4.79 Å². The molecule has 17 heavy (non-hydrogen) atoms. The highest BCUT2D eigenvalue weighted by Crippen LogP contribution is 2.04. The van der Waals surface area contributed by atoms with Crippen LogP contribution >= 0.6 is 0 Å². The topological polar surface area (TPSA) is 76.4 Å². The lowest BCUT2D eigenvalue weighted by atomic mass is 10.3. The molecule has 0 saturated heterocycles. The van der Waals surface area contributed by atoms with Gasteiger partial charge in [0, 0.05) is 19.7 Å². The molecule has 0 unspecified atom stereocenters. The number of amides is 1. The van der Waals surface area contributed by atoms with Crippen LogP contribution < -0.4 is 10.6 Å². The van der Waals surface area contributed by atoms with E-state index in [9.17, 15) is 4.79 Å². The summed E-state index contributed by atoms with van der Waals surface area (Å²) in [4.78, 5) is 11.6. The first kappa shape index (κ1) is 13.7. The molecule has 1 amide bonds. The van der Waals surface area contributed by atoms with Crippen molar-refractivity contribution >= 4 is 5.91 Å². The van der Waals surface area contributed by atoms with Crippen LogP contribution in [0.25, 0.3) is 0 Å². The van der Waals surface area contributed by atoms with Gasteiger partial charge in [0.25, 0.3) is 5.91 Å². The molecule has 1 rings (SSSR count). The van der Waals surface area contributed by atoms with Crippen LogP contribution in [0, 0.1) is 0 Å². The third-order valence-corrected chi connectivity index (χ3v) is 2.14. The van der Waals surface area contributed by atoms with E-state index in [2.05, 4.69) is 15.8 Å². The number of nitrogens with one attached hydrogen (secondary N) is 2. The molecule has 2 N–H and O–H groups in total. The molecule has 6 nitrogen and oxygen atoms in total. The van der Waals surface area contributed by atoms with E-state index in [4.69, 9.17) is 9.26 Å². The Balaban J connectivity index is 2.26. The average Bonchev–Trinajstić information content (AvgIpc) is 2.78. The van der Waals surface area contributed by atoms with Gasteiger partial charge in [-0.25, -0.2) is 0 Å². The van der Waals surface area contributed by atoms with Gasteiger partial charge in [-0.1, -0.05) is 12.1 Å². The molecule has 1 heterocycles. The zero-order chi connectivity index (χ0) is 12.5. The zero-order valence-corrected chi connectivity index (χ0v) is 10.3. The Morgan fingerprint density at radius 2 is 2.35 bits per heavy atom. The van der Waals surface area contributed by atoms with Crippen molar-refractivity contribution in [3.63, 3.8) is 0 Å². The first-order chi connectivity index (χ1) is 8.27. The van der Waals surface area contributed by atoms with Crippen LogP contribution in [0.5, 0.6) is 0 Å². The number of hydrogen-bond acceptors (Lipinski definition) is 5. The van der Waals surface area contributed by atoms with Crippen molar-refractivity contribution in [3.05, 3.63) is 17.5 Å². The number of aromatic nitrogens is 1. The minimum absolute atomic E-state index is 0.215. The lowest BCUT2D eigenvalue weighted by molar-refractivity contribution is 0.0943. The van der Waals surface area contributed by atoms with Crippen molar-refractivity contribution in [2.24, 2.45) is 0 Å². The lowest BCUT2D eigenvalue weighted by Gasteiger charge is -2.02. The van der Waals surface area contributed by atoms with Gasteiger partial charge < -0.3 is 19.9 Å². The van der Waals surface area contributed by atoms with Gasteiger partial charge in [-0.15, -0.1) is 0 Å². The average molecular weight is 241 g/mol. The van der Waals surface area contributed by atoms with Gasteiger partial charge in [-0.2, -0.15) is 0 Å². The van der Waals surface area contributed by atoms with Crippen LogP contribution in [0.1, 0.15) is 29.6 Å². The molecule has 0 aromatic carbocycles. The number of nitrogens with zero attached hydrogens (tertiary/aromatic N) is 1. The molecule has 0 spiro atoms. The normalized spacial score (nSPS) is 10.5. The molecule has 0 bridgehead atoms. The van der Waals surface area contributed by atoms with Crippen LogP contribution in [0.3, 0.4) is 0 Å². The summed E-state index contributed by atoms with van der Waals surface area (Å²) >= 11 is 0. The monoisotopic (exact) mass is 241 g/mol. The van der Waals surface area contributed by atoms with Crippen molar-refractivity contribution in [2.75, 3.05) is 26.7 Å². The molecule has 0 aliphatic heterocycles. The molecule has 0 saturated carbocycles. The summed E-state index contributed by atoms with van der Waals surface area (Å²) < 4.78 is 9.80. The minimum atomic E-state index is -0.215. The largest absolute Gasteiger partial charge is 0.377 e. The Morgan fingerprint density at radius 1 is 1.53 bits per heavy atom.